The molecule has 0 unspecified atom stereocenters. The molecule has 0 fully saturated rings. The molecular weight excluding hydrogens is 268 g/mol. The molecule has 21 heavy (non-hydrogen) atoms. The molecule has 1 N–H and O–H groups in total. The van der Waals surface area contributed by atoms with E-state index in [2.05, 4.69) is 10.5 Å². The van der Waals surface area contributed by atoms with Crippen molar-refractivity contribution in [3.63, 3.8) is 0 Å². The number of benzene rings is 2. The molecule has 0 bridgehead atoms. The summed E-state index contributed by atoms with van der Waals surface area (Å²) in [6.45, 7) is 0. The van der Waals surface area contributed by atoms with Gasteiger partial charge in [0.25, 0.3) is 5.91 Å². The van der Waals surface area contributed by atoms with Crippen LogP contribution in [-0.4, -0.2) is 26.3 Å². The van der Waals surface area contributed by atoms with Crippen LogP contribution in [0.1, 0.15) is 15.9 Å². The van der Waals surface area contributed by atoms with Gasteiger partial charge in [-0.3, -0.25) is 4.79 Å². The van der Waals surface area contributed by atoms with E-state index in [0.29, 0.717) is 11.3 Å². The monoisotopic (exact) mass is 284 g/mol. The number of amides is 1. The molecule has 0 saturated carbocycles. The van der Waals surface area contributed by atoms with Gasteiger partial charge in [-0.2, -0.15) is 5.10 Å². The predicted molar refractivity (Wildman–Crippen MR) is 81.0 cm³/mol. The van der Waals surface area contributed by atoms with Crippen molar-refractivity contribution in [1.29, 1.82) is 0 Å². The lowest BCUT2D eigenvalue weighted by Gasteiger charge is -2.03. The molecule has 0 atom stereocenters. The highest BCUT2D eigenvalue weighted by Crippen LogP contribution is 2.12. The Morgan fingerprint density at radius 3 is 2.43 bits per heavy atom. The van der Waals surface area contributed by atoms with Crippen LogP contribution in [0.4, 0.5) is 0 Å². The molecule has 5 heteroatoms. The van der Waals surface area contributed by atoms with E-state index in [4.69, 9.17) is 9.47 Å². The van der Waals surface area contributed by atoms with Crippen molar-refractivity contribution < 1.29 is 14.3 Å². The normalized spacial score (nSPS) is 10.4. The van der Waals surface area contributed by atoms with Crippen molar-refractivity contribution in [2.75, 3.05) is 14.2 Å². The summed E-state index contributed by atoms with van der Waals surface area (Å²) in [5.41, 5.74) is 3.82. The van der Waals surface area contributed by atoms with Crippen LogP contribution >= 0.6 is 0 Å². The van der Waals surface area contributed by atoms with E-state index in [9.17, 15) is 4.79 Å². The molecule has 2 aromatic rings. The lowest BCUT2D eigenvalue weighted by atomic mass is 10.2. The molecule has 0 aromatic heterocycles. The highest BCUT2D eigenvalue weighted by atomic mass is 16.5. The van der Waals surface area contributed by atoms with Gasteiger partial charge in [0.15, 0.2) is 0 Å². The van der Waals surface area contributed by atoms with Crippen LogP contribution < -0.4 is 14.9 Å². The molecule has 0 aliphatic rings. The van der Waals surface area contributed by atoms with Crippen molar-refractivity contribution in [3.05, 3.63) is 59.7 Å². The van der Waals surface area contributed by atoms with Gasteiger partial charge >= 0.3 is 0 Å². The summed E-state index contributed by atoms with van der Waals surface area (Å²) in [5, 5.41) is 3.92. The van der Waals surface area contributed by atoms with Gasteiger partial charge in [0.1, 0.15) is 11.5 Å². The standard InChI is InChI=1S/C16H16N2O3/c1-20-14-8-6-12(7-9-14)11-17-18-16(19)13-4-3-5-15(10-13)21-2/h3-11H,1-2H3,(H,18,19)/b17-11+. The fraction of sp³-hybridized carbons (Fsp3) is 0.125. The Kier molecular flexibility index (Phi) is 4.93. The Hall–Kier alpha value is -2.82. The summed E-state index contributed by atoms with van der Waals surface area (Å²) in [6.07, 6.45) is 1.57. The zero-order valence-corrected chi connectivity index (χ0v) is 11.9. The zero-order valence-electron chi connectivity index (χ0n) is 11.9. The number of methoxy groups -OCH3 is 2. The molecule has 0 heterocycles. The van der Waals surface area contributed by atoms with Crippen LogP contribution in [0.3, 0.4) is 0 Å². The maximum absolute atomic E-state index is 11.9. The van der Waals surface area contributed by atoms with Gasteiger partial charge in [-0.25, -0.2) is 5.43 Å². The van der Waals surface area contributed by atoms with E-state index in [1.807, 2.05) is 24.3 Å². The number of ether oxygens (including phenoxy) is 2. The molecule has 0 aliphatic carbocycles. The number of nitrogens with zero attached hydrogens (tertiary/aromatic N) is 1. The number of carbonyl (C=O) groups excluding carboxylic acids is 1. The SMILES string of the molecule is COc1ccc(/C=N/NC(=O)c2cccc(OC)c2)cc1. The first-order chi connectivity index (χ1) is 10.2. The van der Waals surface area contributed by atoms with E-state index in [-0.39, 0.29) is 5.91 Å². The number of hydrazone groups is 1. The Balaban J connectivity index is 1.97. The predicted octanol–water partition coefficient (Wildman–Crippen LogP) is 2.47. The number of nitrogens with one attached hydrogen (secondary N) is 1. The van der Waals surface area contributed by atoms with E-state index >= 15 is 0 Å². The summed E-state index contributed by atoms with van der Waals surface area (Å²) < 4.78 is 10.1. The van der Waals surface area contributed by atoms with Crippen molar-refractivity contribution in [2.24, 2.45) is 5.10 Å². The van der Waals surface area contributed by atoms with Crippen molar-refractivity contribution >= 4 is 12.1 Å². The minimum atomic E-state index is -0.293. The van der Waals surface area contributed by atoms with Crippen molar-refractivity contribution in [1.82, 2.24) is 5.43 Å². The van der Waals surface area contributed by atoms with E-state index in [1.54, 1.807) is 44.7 Å². The van der Waals surface area contributed by atoms with Gasteiger partial charge in [-0.05, 0) is 48.0 Å². The van der Waals surface area contributed by atoms with Crippen LogP contribution in [0.25, 0.3) is 0 Å². The van der Waals surface area contributed by atoms with Gasteiger partial charge in [0.05, 0.1) is 20.4 Å². The zero-order chi connectivity index (χ0) is 15.1. The summed E-state index contributed by atoms with van der Waals surface area (Å²) in [5.74, 6) is 1.10. The Morgan fingerprint density at radius 1 is 1.05 bits per heavy atom. The highest BCUT2D eigenvalue weighted by molar-refractivity contribution is 5.95. The Labute approximate surface area is 123 Å². The molecular formula is C16H16N2O3. The molecule has 2 rings (SSSR count). The third-order valence-corrected chi connectivity index (χ3v) is 2.83. The fourth-order valence-corrected chi connectivity index (χ4v) is 1.68. The quantitative estimate of drug-likeness (QED) is 0.677. The van der Waals surface area contributed by atoms with Crippen LogP contribution in [0.2, 0.25) is 0 Å². The second kappa shape index (κ2) is 7.09. The highest BCUT2D eigenvalue weighted by Gasteiger charge is 2.04. The largest absolute Gasteiger partial charge is 0.497 e. The van der Waals surface area contributed by atoms with Crippen LogP contribution in [0.5, 0.6) is 11.5 Å². The summed E-state index contributed by atoms with van der Waals surface area (Å²) in [4.78, 5) is 11.9. The first kappa shape index (κ1) is 14.6. The van der Waals surface area contributed by atoms with E-state index in [1.165, 1.54) is 0 Å². The van der Waals surface area contributed by atoms with Gasteiger partial charge in [-0.15, -0.1) is 0 Å². The van der Waals surface area contributed by atoms with Gasteiger partial charge in [-0.1, -0.05) is 6.07 Å². The molecule has 0 spiro atoms. The van der Waals surface area contributed by atoms with E-state index in [0.717, 1.165) is 11.3 Å². The summed E-state index contributed by atoms with van der Waals surface area (Å²) in [7, 11) is 3.16. The van der Waals surface area contributed by atoms with Crippen LogP contribution in [0, 0.1) is 0 Å². The topological polar surface area (TPSA) is 59.9 Å². The maximum atomic E-state index is 11.9. The van der Waals surface area contributed by atoms with Gasteiger partial charge in [0, 0.05) is 5.56 Å². The average molecular weight is 284 g/mol. The minimum absolute atomic E-state index is 0.293. The molecule has 2 aromatic carbocycles. The summed E-state index contributed by atoms with van der Waals surface area (Å²) in [6, 6.07) is 14.2. The molecule has 0 saturated heterocycles. The van der Waals surface area contributed by atoms with Gasteiger partial charge < -0.3 is 9.47 Å². The van der Waals surface area contributed by atoms with Crippen LogP contribution in [0.15, 0.2) is 53.6 Å². The van der Waals surface area contributed by atoms with E-state index < -0.39 is 0 Å². The third-order valence-electron chi connectivity index (χ3n) is 2.83. The first-order valence-electron chi connectivity index (χ1n) is 6.34. The molecule has 0 radical (unpaired) electrons. The van der Waals surface area contributed by atoms with Crippen molar-refractivity contribution in [3.8, 4) is 11.5 Å². The second-order valence-electron chi connectivity index (χ2n) is 4.20. The van der Waals surface area contributed by atoms with Gasteiger partial charge in [0.2, 0.25) is 0 Å². The smallest absolute Gasteiger partial charge is 0.271 e. The molecule has 0 aliphatic heterocycles. The maximum Gasteiger partial charge on any atom is 0.271 e. The minimum Gasteiger partial charge on any atom is -0.497 e. The third kappa shape index (κ3) is 4.07. The number of hydrogen-bond donors (Lipinski definition) is 1. The first-order valence-corrected chi connectivity index (χ1v) is 6.34. The number of carbonyl (C=O) groups is 1. The second-order valence-corrected chi connectivity index (χ2v) is 4.20. The molecule has 1 amide bonds. The van der Waals surface area contributed by atoms with Crippen LogP contribution in [-0.2, 0) is 0 Å². The van der Waals surface area contributed by atoms with Crippen molar-refractivity contribution in [2.45, 2.75) is 0 Å². The lowest BCUT2D eigenvalue weighted by molar-refractivity contribution is 0.0955. The average Bonchev–Trinajstić information content (AvgIpc) is 2.55. The number of hydrogen-bond acceptors (Lipinski definition) is 4. The summed E-state index contributed by atoms with van der Waals surface area (Å²) >= 11 is 0. The lowest BCUT2D eigenvalue weighted by Crippen LogP contribution is -2.17. The Morgan fingerprint density at radius 2 is 1.76 bits per heavy atom. The molecule has 5 nitrogen and oxygen atoms in total. The molecule has 108 valence electrons. The Bertz CT molecular complexity index is 636. The fourth-order valence-electron chi connectivity index (χ4n) is 1.68. The number of rotatable bonds is 5.